The first-order valence-corrected chi connectivity index (χ1v) is 6.21. The van der Waals surface area contributed by atoms with Crippen molar-refractivity contribution in [1.29, 1.82) is 5.26 Å². The molecule has 0 radical (unpaired) electrons. The lowest BCUT2D eigenvalue weighted by Crippen LogP contribution is -2.01. The summed E-state index contributed by atoms with van der Waals surface area (Å²) in [6.07, 6.45) is 3.08. The number of rotatable bonds is 3. The number of nitrogens with zero attached hydrogens (tertiary/aromatic N) is 5. The molecule has 7 nitrogen and oxygen atoms in total. The van der Waals surface area contributed by atoms with E-state index in [0.29, 0.717) is 34.8 Å². The molecule has 1 aromatic carbocycles. The molecule has 21 heavy (non-hydrogen) atoms. The maximum absolute atomic E-state index is 8.99. The second-order valence-corrected chi connectivity index (χ2v) is 4.45. The third-order valence-electron chi connectivity index (χ3n) is 3.17. The number of nitrogens with two attached hydrogens (primary N) is 1. The van der Waals surface area contributed by atoms with E-state index in [4.69, 9.17) is 15.7 Å². The molecule has 0 aliphatic carbocycles. The van der Waals surface area contributed by atoms with Crippen LogP contribution in [0.15, 0.2) is 30.9 Å². The van der Waals surface area contributed by atoms with Gasteiger partial charge in [-0.2, -0.15) is 5.26 Å². The largest absolute Gasteiger partial charge is 0.495 e. The highest BCUT2D eigenvalue weighted by Gasteiger charge is 2.09. The van der Waals surface area contributed by atoms with Crippen LogP contribution in [0.2, 0.25) is 0 Å². The van der Waals surface area contributed by atoms with Gasteiger partial charge in [0, 0.05) is 0 Å². The number of benzene rings is 1. The first-order chi connectivity index (χ1) is 10.2. The summed E-state index contributed by atoms with van der Waals surface area (Å²) in [4.78, 5) is 12.3. The smallest absolute Gasteiger partial charge is 0.165 e. The summed E-state index contributed by atoms with van der Waals surface area (Å²) in [5.74, 6) is 0.907. The van der Waals surface area contributed by atoms with Crippen LogP contribution in [0.25, 0.3) is 11.2 Å². The van der Waals surface area contributed by atoms with Gasteiger partial charge in [-0.15, -0.1) is 0 Å². The minimum Gasteiger partial charge on any atom is -0.495 e. The highest BCUT2D eigenvalue weighted by molar-refractivity contribution is 5.81. The molecule has 0 saturated heterocycles. The first kappa shape index (κ1) is 12.9. The van der Waals surface area contributed by atoms with E-state index < -0.39 is 0 Å². The minimum atomic E-state index is 0.358. The maximum atomic E-state index is 8.99. The van der Waals surface area contributed by atoms with Gasteiger partial charge in [0.25, 0.3) is 0 Å². The number of anilines is 1. The predicted molar refractivity (Wildman–Crippen MR) is 76.5 cm³/mol. The average molecular weight is 280 g/mol. The molecule has 0 fully saturated rings. The molecule has 3 aromatic rings. The van der Waals surface area contributed by atoms with E-state index in [0.717, 1.165) is 5.56 Å². The summed E-state index contributed by atoms with van der Waals surface area (Å²) < 4.78 is 7.08. The van der Waals surface area contributed by atoms with Crippen LogP contribution in [0.5, 0.6) is 5.75 Å². The van der Waals surface area contributed by atoms with Crippen molar-refractivity contribution in [2.45, 2.75) is 6.54 Å². The number of hydrogen-bond acceptors (Lipinski definition) is 6. The van der Waals surface area contributed by atoms with Crippen molar-refractivity contribution in [3.05, 3.63) is 42.0 Å². The Kier molecular flexibility index (Phi) is 3.12. The van der Waals surface area contributed by atoms with Crippen molar-refractivity contribution < 1.29 is 4.74 Å². The molecule has 0 aliphatic heterocycles. The summed E-state index contributed by atoms with van der Waals surface area (Å²) >= 11 is 0. The zero-order chi connectivity index (χ0) is 14.8. The summed E-state index contributed by atoms with van der Waals surface area (Å²) in [7, 11) is 1.54. The molecule has 0 unspecified atom stereocenters. The second-order valence-electron chi connectivity index (χ2n) is 4.45. The number of aromatic nitrogens is 4. The van der Waals surface area contributed by atoms with E-state index >= 15 is 0 Å². The minimum absolute atomic E-state index is 0.358. The lowest BCUT2D eigenvalue weighted by molar-refractivity contribution is 0.413. The van der Waals surface area contributed by atoms with E-state index in [-0.39, 0.29) is 0 Å². The van der Waals surface area contributed by atoms with Gasteiger partial charge in [-0.25, -0.2) is 15.0 Å². The van der Waals surface area contributed by atoms with E-state index in [1.807, 2.05) is 16.7 Å². The topological polar surface area (TPSA) is 103 Å². The molecule has 0 amide bonds. The van der Waals surface area contributed by atoms with Crippen molar-refractivity contribution in [3.8, 4) is 11.8 Å². The molecule has 3 rings (SSSR count). The van der Waals surface area contributed by atoms with Crippen molar-refractivity contribution in [3.63, 3.8) is 0 Å². The Hall–Kier alpha value is -3.14. The number of imidazole rings is 1. The van der Waals surface area contributed by atoms with Gasteiger partial charge in [-0.3, -0.25) is 0 Å². The van der Waals surface area contributed by atoms with E-state index in [1.54, 1.807) is 19.5 Å². The molecule has 2 aromatic heterocycles. The fourth-order valence-corrected chi connectivity index (χ4v) is 2.14. The van der Waals surface area contributed by atoms with Crippen molar-refractivity contribution in [2.75, 3.05) is 12.8 Å². The number of hydrogen-bond donors (Lipinski definition) is 1. The molecule has 0 aliphatic rings. The third-order valence-corrected chi connectivity index (χ3v) is 3.17. The summed E-state index contributed by atoms with van der Waals surface area (Å²) in [6.45, 7) is 0.551. The van der Waals surface area contributed by atoms with Crippen LogP contribution in [-0.4, -0.2) is 26.6 Å². The molecule has 0 atom stereocenters. The standard InChI is InChI=1S/C14H12N6O/c1-21-11-4-9(2-3-10(11)5-15)6-20-8-19-12-13(16)17-7-18-14(12)20/h2-4,7-8H,6H2,1H3,(H2,16,17,18). The molecule has 0 bridgehead atoms. The SMILES string of the molecule is COc1cc(Cn2cnc3c(N)ncnc32)ccc1C#N. The Morgan fingerprint density at radius 2 is 2.19 bits per heavy atom. The Bertz CT molecular complexity index is 848. The molecule has 0 saturated carbocycles. The molecule has 2 N–H and O–H groups in total. The first-order valence-electron chi connectivity index (χ1n) is 6.21. The van der Waals surface area contributed by atoms with Crippen molar-refractivity contribution in [2.24, 2.45) is 0 Å². The molecule has 2 heterocycles. The van der Waals surface area contributed by atoms with Gasteiger partial charge >= 0.3 is 0 Å². The van der Waals surface area contributed by atoms with Crippen LogP contribution >= 0.6 is 0 Å². The molecule has 7 heteroatoms. The zero-order valence-electron chi connectivity index (χ0n) is 11.3. The average Bonchev–Trinajstić information content (AvgIpc) is 2.92. The lowest BCUT2D eigenvalue weighted by Gasteiger charge is -2.07. The highest BCUT2D eigenvalue weighted by Crippen LogP contribution is 2.21. The van der Waals surface area contributed by atoms with E-state index in [1.165, 1.54) is 6.33 Å². The van der Waals surface area contributed by atoms with E-state index in [2.05, 4.69) is 21.0 Å². The predicted octanol–water partition coefficient (Wildman–Crippen LogP) is 1.34. The normalized spacial score (nSPS) is 10.5. The Labute approximate surface area is 120 Å². The van der Waals surface area contributed by atoms with Crippen LogP contribution < -0.4 is 10.5 Å². The Morgan fingerprint density at radius 1 is 1.33 bits per heavy atom. The maximum Gasteiger partial charge on any atom is 0.165 e. The fraction of sp³-hybridized carbons (Fsp3) is 0.143. The lowest BCUT2D eigenvalue weighted by atomic mass is 10.1. The summed E-state index contributed by atoms with van der Waals surface area (Å²) in [5.41, 5.74) is 8.49. The van der Waals surface area contributed by atoms with Crippen LogP contribution in [0.1, 0.15) is 11.1 Å². The monoisotopic (exact) mass is 280 g/mol. The van der Waals surface area contributed by atoms with Gasteiger partial charge in [-0.05, 0) is 17.7 Å². The van der Waals surface area contributed by atoms with Gasteiger partial charge < -0.3 is 15.0 Å². The van der Waals surface area contributed by atoms with Gasteiger partial charge in [0.1, 0.15) is 23.7 Å². The third kappa shape index (κ3) is 2.23. The van der Waals surface area contributed by atoms with Gasteiger partial charge in [0.2, 0.25) is 0 Å². The van der Waals surface area contributed by atoms with Crippen molar-refractivity contribution >= 4 is 17.0 Å². The highest BCUT2D eigenvalue weighted by atomic mass is 16.5. The molecule has 0 spiro atoms. The van der Waals surface area contributed by atoms with E-state index in [9.17, 15) is 0 Å². The zero-order valence-corrected chi connectivity index (χ0v) is 11.3. The quantitative estimate of drug-likeness (QED) is 0.776. The summed E-state index contributed by atoms with van der Waals surface area (Å²) in [5, 5.41) is 8.99. The number of nitrogen functional groups attached to an aromatic ring is 1. The van der Waals surface area contributed by atoms with Gasteiger partial charge in [0.05, 0.1) is 25.5 Å². The molecular weight excluding hydrogens is 268 g/mol. The van der Waals surface area contributed by atoms with Crippen LogP contribution in [0.4, 0.5) is 5.82 Å². The van der Waals surface area contributed by atoms with Crippen molar-refractivity contribution in [1.82, 2.24) is 19.5 Å². The van der Waals surface area contributed by atoms with Crippen LogP contribution in [0, 0.1) is 11.3 Å². The van der Waals surface area contributed by atoms with Crippen LogP contribution in [0.3, 0.4) is 0 Å². The Morgan fingerprint density at radius 3 is 2.95 bits per heavy atom. The van der Waals surface area contributed by atoms with Gasteiger partial charge in [-0.1, -0.05) is 6.07 Å². The number of fused-ring (bicyclic) bond motifs is 1. The second kappa shape index (κ2) is 5.09. The Balaban J connectivity index is 1.99. The summed E-state index contributed by atoms with van der Waals surface area (Å²) in [6, 6.07) is 7.52. The van der Waals surface area contributed by atoms with Crippen LogP contribution in [-0.2, 0) is 6.54 Å². The molecule has 104 valence electrons. The number of nitriles is 1. The fourth-order valence-electron chi connectivity index (χ4n) is 2.14. The van der Waals surface area contributed by atoms with Gasteiger partial charge in [0.15, 0.2) is 11.5 Å². The number of ether oxygens (including phenoxy) is 1. The number of methoxy groups -OCH3 is 1. The molecular formula is C14H12N6O.